The Kier molecular flexibility index (Phi) is 4.90. The second-order valence-corrected chi connectivity index (χ2v) is 5.89. The summed E-state index contributed by atoms with van der Waals surface area (Å²) in [5, 5.41) is 2.95. The van der Waals surface area contributed by atoms with Gasteiger partial charge in [-0.2, -0.15) is 0 Å². The molecular weight excluding hydrogens is 262 g/mol. The fourth-order valence-corrected chi connectivity index (χ4v) is 3.11. The average molecular weight is 283 g/mol. The zero-order valence-electron chi connectivity index (χ0n) is 11.7. The molecule has 0 radical (unpaired) electrons. The summed E-state index contributed by atoms with van der Waals surface area (Å²) in [5.41, 5.74) is 2.51. The highest BCUT2D eigenvalue weighted by Gasteiger charge is 2.21. The van der Waals surface area contributed by atoms with E-state index in [2.05, 4.69) is 29.0 Å². The van der Waals surface area contributed by atoms with Crippen LogP contribution in [0.1, 0.15) is 29.2 Å². The van der Waals surface area contributed by atoms with Gasteiger partial charge in [0.2, 0.25) is 0 Å². The van der Waals surface area contributed by atoms with E-state index in [1.54, 1.807) is 5.51 Å². The normalized spacial score (nSPS) is 24.4. The number of rotatable bonds is 4. The van der Waals surface area contributed by atoms with Crippen molar-refractivity contribution in [3.63, 3.8) is 0 Å². The van der Waals surface area contributed by atoms with Crippen LogP contribution in [-0.4, -0.2) is 54.2 Å². The molecule has 1 amide bonds. The highest BCUT2D eigenvalue weighted by Crippen LogP contribution is 2.12. The molecule has 0 aromatic carbocycles. The molecule has 1 aliphatic heterocycles. The molecule has 2 atom stereocenters. The predicted octanol–water partition coefficient (Wildman–Crippen LogP) is 1.29. The second-order valence-electron chi connectivity index (χ2n) is 5.04. The summed E-state index contributed by atoms with van der Waals surface area (Å²) >= 11 is 1.39. The van der Waals surface area contributed by atoms with Gasteiger partial charge in [0, 0.05) is 26.2 Å². The Morgan fingerprint density at radius 2 is 2.21 bits per heavy atom. The highest BCUT2D eigenvalue weighted by atomic mass is 32.1. The quantitative estimate of drug-likeness (QED) is 0.905. The lowest BCUT2D eigenvalue weighted by Crippen LogP contribution is -2.47. The van der Waals surface area contributed by atoms with Gasteiger partial charge in [0.25, 0.3) is 5.91 Å². The van der Waals surface area contributed by atoms with Crippen molar-refractivity contribution >= 4 is 17.2 Å². The van der Waals surface area contributed by atoms with Crippen LogP contribution in [0.4, 0.5) is 0 Å². The van der Waals surface area contributed by atoms with Crippen LogP contribution in [0.2, 0.25) is 0 Å². The summed E-state index contributed by atoms with van der Waals surface area (Å²) in [6.45, 7) is 9.41. The van der Waals surface area contributed by atoms with E-state index in [0.29, 0.717) is 11.4 Å². The Morgan fingerprint density at radius 3 is 2.79 bits per heavy atom. The van der Waals surface area contributed by atoms with E-state index in [1.807, 2.05) is 6.92 Å². The van der Waals surface area contributed by atoms with Crippen LogP contribution in [0.5, 0.6) is 0 Å². The topological polar surface area (TPSA) is 54.5 Å². The van der Waals surface area contributed by atoms with E-state index in [4.69, 9.17) is 4.74 Å². The largest absolute Gasteiger partial charge is 0.373 e. The Labute approximate surface area is 118 Å². The summed E-state index contributed by atoms with van der Waals surface area (Å²) in [6.07, 6.45) is 0.534. The molecule has 1 saturated heterocycles. The van der Waals surface area contributed by atoms with Gasteiger partial charge in [0.1, 0.15) is 4.88 Å². The maximum absolute atomic E-state index is 11.9. The van der Waals surface area contributed by atoms with Crippen molar-refractivity contribution in [1.29, 1.82) is 0 Å². The number of carbonyl (C=O) groups excluding carboxylic acids is 1. The van der Waals surface area contributed by atoms with Gasteiger partial charge in [-0.3, -0.25) is 9.69 Å². The minimum absolute atomic E-state index is 0.0191. The summed E-state index contributed by atoms with van der Waals surface area (Å²) in [7, 11) is 0. The van der Waals surface area contributed by atoms with Gasteiger partial charge in [-0.25, -0.2) is 4.98 Å². The summed E-state index contributed by atoms with van der Waals surface area (Å²) < 4.78 is 5.68. The van der Waals surface area contributed by atoms with Crippen LogP contribution >= 0.6 is 11.3 Å². The number of morpholine rings is 1. The van der Waals surface area contributed by atoms with Crippen molar-refractivity contribution in [2.45, 2.75) is 33.0 Å². The van der Waals surface area contributed by atoms with E-state index in [0.717, 1.165) is 25.3 Å². The van der Waals surface area contributed by atoms with Gasteiger partial charge in [0.05, 0.1) is 23.4 Å². The summed E-state index contributed by atoms with van der Waals surface area (Å²) in [4.78, 5) is 19.0. The number of nitrogens with one attached hydrogen (secondary N) is 1. The third kappa shape index (κ3) is 3.99. The highest BCUT2D eigenvalue weighted by molar-refractivity contribution is 7.11. The molecule has 6 heteroatoms. The number of ether oxygens (including phenoxy) is 1. The first-order valence-corrected chi connectivity index (χ1v) is 7.50. The number of aryl methyl sites for hydroxylation is 1. The SMILES string of the molecule is Cc1ncsc1C(=O)NCCN1CC(C)OC(C)C1. The number of hydrogen-bond donors (Lipinski definition) is 1. The van der Waals surface area contributed by atoms with Crippen molar-refractivity contribution < 1.29 is 9.53 Å². The predicted molar refractivity (Wildman–Crippen MR) is 75.6 cm³/mol. The summed E-state index contributed by atoms with van der Waals surface area (Å²) in [6, 6.07) is 0. The molecule has 2 unspecified atom stereocenters. The lowest BCUT2D eigenvalue weighted by Gasteiger charge is -2.35. The monoisotopic (exact) mass is 283 g/mol. The van der Waals surface area contributed by atoms with Gasteiger partial charge >= 0.3 is 0 Å². The summed E-state index contributed by atoms with van der Waals surface area (Å²) in [5.74, 6) is -0.0191. The molecule has 0 saturated carbocycles. The Hall–Kier alpha value is -0.980. The molecule has 1 aromatic heterocycles. The van der Waals surface area contributed by atoms with Crippen molar-refractivity contribution in [3.05, 3.63) is 16.1 Å². The molecular formula is C13H21N3O2S. The van der Waals surface area contributed by atoms with Gasteiger partial charge in [-0.05, 0) is 20.8 Å². The van der Waals surface area contributed by atoms with Crippen molar-refractivity contribution in [2.75, 3.05) is 26.2 Å². The van der Waals surface area contributed by atoms with Crippen LogP contribution in [0.3, 0.4) is 0 Å². The fraction of sp³-hybridized carbons (Fsp3) is 0.692. The number of hydrogen-bond acceptors (Lipinski definition) is 5. The second kappa shape index (κ2) is 6.45. The lowest BCUT2D eigenvalue weighted by atomic mass is 10.2. The third-order valence-corrected chi connectivity index (χ3v) is 4.09. The first kappa shape index (κ1) is 14.4. The molecule has 1 aromatic rings. The molecule has 1 aliphatic rings. The average Bonchev–Trinajstić information content (AvgIpc) is 2.74. The standard InChI is InChI=1S/C13H21N3O2S/c1-9-6-16(7-10(2)18-9)5-4-14-13(17)12-11(3)15-8-19-12/h8-10H,4-7H2,1-3H3,(H,14,17). The molecule has 5 nitrogen and oxygen atoms in total. The van der Waals surface area contributed by atoms with Gasteiger partial charge in [0.15, 0.2) is 0 Å². The Bertz CT molecular complexity index is 425. The molecule has 1 N–H and O–H groups in total. The minimum atomic E-state index is -0.0191. The molecule has 0 bridgehead atoms. The molecule has 106 valence electrons. The van der Waals surface area contributed by atoms with Gasteiger partial charge in [-0.1, -0.05) is 0 Å². The number of carbonyl (C=O) groups is 1. The Morgan fingerprint density at radius 1 is 1.53 bits per heavy atom. The van der Waals surface area contributed by atoms with Crippen LogP contribution < -0.4 is 5.32 Å². The number of thiazole rings is 1. The first-order valence-electron chi connectivity index (χ1n) is 6.62. The molecule has 0 spiro atoms. The van der Waals surface area contributed by atoms with Crippen molar-refractivity contribution in [2.24, 2.45) is 0 Å². The van der Waals surface area contributed by atoms with Crippen molar-refractivity contribution in [1.82, 2.24) is 15.2 Å². The zero-order valence-corrected chi connectivity index (χ0v) is 12.5. The smallest absolute Gasteiger partial charge is 0.263 e. The van der Waals surface area contributed by atoms with E-state index < -0.39 is 0 Å². The van der Waals surface area contributed by atoms with Crippen LogP contribution in [0, 0.1) is 6.92 Å². The number of aromatic nitrogens is 1. The molecule has 0 aliphatic carbocycles. The molecule has 1 fully saturated rings. The van der Waals surface area contributed by atoms with E-state index in [-0.39, 0.29) is 18.1 Å². The lowest BCUT2D eigenvalue weighted by molar-refractivity contribution is -0.0672. The Balaban J connectivity index is 1.75. The van der Waals surface area contributed by atoms with E-state index >= 15 is 0 Å². The number of nitrogens with zero attached hydrogens (tertiary/aromatic N) is 2. The first-order chi connectivity index (χ1) is 9.06. The fourth-order valence-electron chi connectivity index (χ4n) is 2.39. The van der Waals surface area contributed by atoms with E-state index in [1.165, 1.54) is 11.3 Å². The maximum atomic E-state index is 11.9. The van der Waals surface area contributed by atoms with Crippen LogP contribution in [0.15, 0.2) is 5.51 Å². The van der Waals surface area contributed by atoms with Gasteiger partial charge < -0.3 is 10.1 Å². The van der Waals surface area contributed by atoms with Crippen LogP contribution in [-0.2, 0) is 4.74 Å². The van der Waals surface area contributed by atoms with E-state index in [9.17, 15) is 4.79 Å². The van der Waals surface area contributed by atoms with Gasteiger partial charge in [-0.15, -0.1) is 11.3 Å². The maximum Gasteiger partial charge on any atom is 0.263 e. The zero-order chi connectivity index (χ0) is 13.8. The molecule has 2 rings (SSSR count). The third-order valence-electron chi connectivity index (χ3n) is 3.16. The molecule has 2 heterocycles. The van der Waals surface area contributed by atoms with Crippen molar-refractivity contribution in [3.8, 4) is 0 Å². The van der Waals surface area contributed by atoms with Crippen LogP contribution in [0.25, 0.3) is 0 Å². The number of amides is 1. The minimum Gasteiger partial charge on any atom is -0.373 e. The molecule has 19 heavy (non-hydrogen) atoms.